The number of amides is 1. The van der Waals surface area contributed by atoms with Crippen molar-refractivity contribution >= 4 is 35.8 Å². The van der Waals surface area contributed by atoms with Gasteiger partial charge in [-0.25, -0.2) is 0 Å². The lowest BCUT2D eigenvalue weighted by molar-refractivity contribution is -0.120. The summed E-state index contributed by atoms with van der Waals surface area (Å²) < 4.78 is 5.28. The van der Waals surface area contributed by atoms with Gasteiger partial charge >= 0.3 is 0 Å². The van der Waals surface area contributed by atoms with Gasteiger partial charge in [0.25, 0.3) is 0 Å². The van der Waals surface area contributed by atoms with Gasteiger partial charge in [0.1, 0.15) is 5.75 Å². The van der Waals surface area contributed by atoms with Gasteiger partial charge in [-0.2, -0.15) is 0 Å². The molecule has 8 heteroatoms. The van der Waals surface area contributed by atoms with Crippen LogP contribution in [0.4, 0.5) is 0 Å². The van der Waals surface area contributed by atoms with E-state index in [0.29, 0.717) is 12.5 Å². The summed E-state index contributed by atoms with van der Waals surface area (Å²) in [5.41, 5.74) is 1.25. The molecular formula is C20H34IN5O2. The number of carbonyl (C=O) groups excluding carboxylic acids is 1. The zero-order valence-corrected chi connectivity index (χ0v) is 19.5. The van der Waals surface area contributed by atoms with Gasteiger partial charge in [-0.1, -0.05) is 19.1 Å². The van der Waals surface area contributed by atoms with E-state index in [9.17, 15) is 4.79 Å². The Kier molecular flexibility index (Phi) is 11.9. The maximum Gasteiger partial charge on any atom is 0.239 e. The summed E-state index contributed by atoms with van der Waals surface area (Å²) in [5.74, 6) is 1.48. The molecule has 28 heavy (non-hydrogen) atoms. The van der Waals surface area contributed by atoms with Crippen molar-refractivity contribution in [2.24, 2.45) is 4.99 Å². The van der Waals surface area contributed by atoms with Crippen LogP contribution in [0.5, 0.6) is 5.75 Å². The number of halogens is 1. The molecule has 1 aliphatic rings. The molecule has 0 aliphatic carbocycles. The van der Waals surface area contributed by atoms with Crippen LogP contribution in [0.1, 0.15) is 37.8 Å². The molecule has 1 fully saturated rings. The number of hydrogen-bond acceptors (Lipinski definition) is 4. The summed E-state index contributed by atoms with van der Waals surface area (Å²) in [5, 5.41) is 9.31. The van der Waals surface area contributed by atoms with Crippen molar-refractivity contribution in [1.29, 1.82) is 0 Å². The largest absolute Gasteiger partial charge is 0.497 e. The molecule has 0 aromatic heterocycles. The van der Waals surface area contributed by atoms with Crippen molar-refractivity contribution in [3.8, 4) is 5.75 Å². The number of benzene rings is 1. The predicted octanol–water partition coefficient (Wildman–Crippen LogP) is 2.14. The van der Waals surface area contributed by atoms with E-state index in [2.05, 4.69) is 38.0 Å². The number of nitrogens with one attached hydrogen (secondary N) is 3. The van der Waals surface area contributed by atoms with Crippen LogP contribution >= 0.6 is 24.0 Å². The maximum atomic E-state index is 11.8. The number of carbonyl (C=O) groups is 1. The van der Waals surface area contributed by atoms with Gasteiger partial charge in [-0.05, 0) is 50.0 Å². The van der Waals surface area contributed by atoms with Crippen molar-refractivity contribution in [1.82, 2.24) is 20.9 Å². The van der Waals surface area contributed by atoms with Crippen LogP contribution in [0.3, 0.4) is 0 Å². The second-order valence-corrected chi connectivity index (χ2v) is 6.69. The van der Waals surface area contributed by atoms with Crippen LogP contribution in [-0.4, -0.2) is 63.6 Å². The molecular weight excluding hydrogens is 469 g/mol. The normalized spacial score (nSPS) is 15.5. The smallest absolute Gasteiger partial charge is 0.239 e. The van der Waals surface area contributed by atoms with Gasteiger partial charge in [0, 0.05) is 20.1 Å². The second kappa shape index (κ2) is 13.6. The first-order valence-corrected chi connectivity index (χ1v) is 9.77. The topological polar surface area (TPSA) is 78.0 Å². The van der Waals surface area contributed by atoms with Gasteiger partial charge in [0.2, 0.25) is 5.91 Å². The van der Waals surface area contributed by atoms with Gasteiger partial charge < -0.3 is 20.7 Å². The molecule has 1 aliphatic heterocycles. The minimum absolute atomic E-state index is 0. The molecule has 1 atom stereocenters. The zero-order valence-electron chi connectivity index (χ0n) is 17.2. The third-order valence-corrected chi connectivity index (χ3v) is 4.76. The fourth-order valence-electron chi connectivity index (χ4n) is 3.24. The minimum Gasteiger partial charge on any atom is -0.497 e. The first-order chi connectivity index (χ1) is 13.2. The molecule has 0 spiro atoms. The number of nitrogens with zero attached hydrogens (tertiary/aromatic N) is 2. The van der Waals surface area contributed by atoms with Crippen molar-refractivity contribution in [3.63, 3.8) is 0 Å². The van der Waals surface area contributed by atoms with Crippen molar-refractivity contribution in [2.75, 3.05) is 46.9 Å². The third-order valence-electron chi connectivity index (χ3n) is 4.76. The Morgan fingerprint density at radius 3 is 2.43 bits per heavy atom. The van der Waals surface area contributed by atoms with Crippen LogP contribution in [0.15, 0.2) is 29.3 Å². The number of likely N-dealkylation sites (tertiary alicyclic amines) is 1. The van der Waals surface area contributed by atoms with Crippen LogP contribution in [0.25, 0.3) is 0 Å². The summed E-state index contributed by atoms with van der Waals surface area (Å²) in [4.78, 5) is 18.5. The third kappa shape index (κ3) is 7.83. The Morgan fingerprint density at radius 2 is 1.86 bits per heavy atom. The summed E-state index contributed by atoms with van der Waals surface area (Å²) >= 11 is 0. The number of ether oxygens (including phenoxy) is 1. The van der Waals surface area contributed by atoms with E-state index in [1.165, 1.54) is 18.4 Å². The van der Waals surface area contributed by atoms with E-state index in [-0.39, 0.29) is 42.5 Å². The first-order valence-electron chi connectivity index (χ1n) is 9.77. The van der Waals surface area contributed by atoms with Crippen LogP contribution in [-0.2, 0) is 4.79 Å². The fourth-order valence-corrected chi connectivity index (χ4v) is 3.24. The maximum absolute atomic E-state index is 11.8. The minimum atomic E-state index is -0.0222. The first kappa shape index (κ1) is 24.5. The molecule has 0 saturated carbocycles. The van der Waals surface area contributed by atoms with E-state index in [1.807, 2.05) is 19.1 Å². The predicted molar refractivity (Wildman–Crippen MR) is 125 cm³/mol. The Balaban J connectivity index is 0.00000392. The molecule has 1 aromatic carbocycles. The van der Waals surface area contributed by atoms with Gasteiger partial charge in [-0.15, -0.1) is 24.0 Å². The number of rotatable bonds is 9. The molecule has 1 heterocycles. The lowest BCUT2D eigenvalue weighted by atomic mass is 10.1. The molecule has 3 N–H and O–H groups in total. The van der Waals surface area contributed by atoms with E-state index in [0.717, 1.165) is 31.8 Å². The van der Waals surface area contributed by atoms with E-state index in [4.69, 9.17) is 4.74 Å². The monoisotopic (exact) mass is 503 g/mol. The highest BCUT2D eigenvalue weighted by atomic mass is 127. The molecule has 158 valence electrons. The zero-order chi connectivity index (χ0) is 19.5. The average molecular weight is 503 g/mol. The summed E-state index contributed by atoms with van der Waals surface area (Å²) in [6.07, 6.45) is 3.40. The van der Waals surface area contributed by atoms with Crippen LogP contribution in [0, 0.1) is 0 Å². The lowest BCUT2D eigenvalue weighted by Gasteiger charge is -2.29. The molecule has 1 saturated heterocycles. The van der Waals surface area contributed by atoms with Crippen molar-refractivity contribution < 1.29 is 9.53 Å². The highest BCUT2D eigenvalue weighted by molar-refractivity contribution is 14.0. The fraction of sp³-hybridized carbons (Fsp3) is 0.600. The average Bonchev–Trinajstić information content (AvgIpc) is 3.23. The highest BCUT2D eigenvalue weighted by Crippen LogP contribution is 2.26. The Bertz CT molecular complexity index is 603. The Hall–Kier alpha value is -1.55. The van der Waals surface area contributed by atoms with Crippen molar-refractivity contribution in [3.05, 3.63) is 29.8 Å². The molecule has 7 nitrogen and oxygen atoms in total. The second-order valence-electron chi connectivity index (χ2n) is 6.69. The summed E-state index contributed by atoms with van der Waals surface area (Å²) in [7, 11) is 3.40. The quantitative estimate of drug-likeness (QED) is 0.274. The van der Waals surface area contributed by atoms with Crippen molar-refractivity contribution in [2.45, 2.75) is 32.2 Å². The summed E-state index contributed by atoms with van der Waals surface area (Å²) in [6.45, 7) is 5.87. The van der Waals surface area contributed by atoms with E-state index in [1.54, 1.807) is 14.2 Å². The van der Waals surface area contributed by atoms with Crippen LogP contribution in [0.2, 0.25) is 0 Å². The van der Waals surface area contributed by atoms with Gasteiger partial charge in [0.05, 0.1) is 19.7 Å². The molecule has 0 bridgehead atoms. The van der Waals surface area contributed by atoms with Gasteiger partial charge in [-0.3, -0.25) is 14.7 Å². The number of guanidine groups is 1. The Morgan fingerprint density at radius 1 is 1.18 bits per heavy atom. The highest BCUT2D eigenvalue weighted by Gasteiger charge is 2.23. The molecule has 0 radical (unpaired) electrons. The standard InChI is InChI=1S/C20H33N5O2.HI/c1-4-11-22-19(26)15-24-20(21-2)23-14-18(25-12-5-6-13-25)16-7-9-17(27-3)10-8-16;/h7-10,18H,4-6,11-15H2,1-3H3,(H,22,26)(H2,21,23,24);1H. The molecule has 2 rings (SSSR count). The molecule has 1 unspecified atom stereocenters. The SMILES string of the molecule is CCCNC(=O)CNC(=NC)NCC(c1ccc(OC)cc1)N1CCCC1.I. The molecule has 1 amide bonds. The van der Waals surface area contributed by atoms with Gasteiger partial charge in [0.15, 0.2) is 5.96 Å². The Labute approximate surface area is 185 Å². The summed E-state index contributed by atoms with van der Waals surface area (Å²) in [6, 6.07) is 8.51. The van der Waals surface area contributed by atoms with E-state index < -0.39 is 0 Å². The van der Waals surface area contributed by atoms with E-state index >= 15 is 0 Å². The number of aliphatic imine (C=N–C) groups is 1. The molecule has 1 aromatic rings. The number of hydrogen-bond donors (Lipinski definition) is 3. The number of methoxy groups -OCH3 is 1. The lowest BCUT2D eigenvalue weighted by Crippen LogP contribution is -2.46. The van der Waals surface area contributed by atoms with Crippen LogP contribution < -0.4 is 20.7 Å².